The van der Waals surface area contributed by atoms with Crippen molar-refractivity contribution < 1.29 is 13.9 Å². The highest BCUT2D eigenvalue weighted by Crippen LogP contribution is 2.30. The number of nitrogens with one attached hydrogen (secondary N) is 1. The number of benzene rings is 1. The number of hydrogen-bond acceptors (Lipinski definition) is 4. The second kappa shape index (κ2) is 7.07. The van der Waals surface area contributed by atoms with Crippen molar-refractivity contribution in [1.82, 2.24) is 10.3 Å². The summed E-state index contributed by atoms with van der Waals surface area (Å²) in [5.74, 6) is 0.463. The molecular weight excluding hydrogens is 316 g/mol. The first-order valence-electron chi connectivity index (χ1n) is 8.58. The van der Waals surface area contributed by atoms with Crippen LogP contribution in [0, 0.1) is 5.92 Å². The van der Waals surface area contributed by atoms with Gasteiger partial charge in [0.15, 0.2) is 5.76 Å². The Kier molecular flexibility index (Phi) is 4.48. The zero-order chi connectivity index (χ0) is 17.1. The molecule has 0 saturated carbocycles. The number of para-hydroxylation sites is 1. The van der Waals surface area contributed by atoms with Crippen molar-refractivity contribution in [2.75, 3.05) is 13.2 Å². The van der Waals surface area contributed by atoms with Crippen molar-refractivity contribution >= 4 is 16.9 Å². The van der Waals surface area contributed by atoms with E-state index in [0.29, 0.717) is 11.7 Å². The van der Waals surface area contributed by atoms with E-state index in [-0.39, 0.29) is 11.9 Å². The summed E-state index contributed by atoms with van der Waals surface area (Å²) >= 11 is 0. The minimum Gasteiger partial charge on any atom is -0.451 e. The third kappa shape index (κ3) is 3.42. The minimum atomic E-state index is -0.198. The molecular formula is C20H20N2O3. The average molecular weight is 336 g/mol. The Labute approximate surface area is 146 Å². The molecule has 0 bridgehead atoms. The predicted octanol–water partition coefficient (Wildman–Crippen LogP) is 3.73. The monoisotopic (exact) mass is 336 g/mol. The molecule has 1 atom stereocenters. The van der Waals surface area contributed by atoms with Gasteiger partial charge in [-0.25, -0.2) is 0 Å². The number of ether oxygens (including phenoxy) is 1. The second-order valence-corrected chi connectivity index (χ2v) is 6.34. The first kappa shape index (κ1) is 15.8. The molecule has 1 aromatic carbocycles. The van der Waals surface area contributed by atoms with E-state index in [9.17, 15) is 4.79 Å². The number of carbonyl (C=O) groups excluding carboxylic acids is 1. The molecule has 4 rings (SSSR count). The zero-order valence-corrected chi connectivity index (χ0v) is 13.9. The van der Waals surface area contributed by atoms with Crippen molar-refractivity contribution in [2.24, 2.45) is 5.92 Å². The summed E-state index contributed by atoms with van der Waals surface area (Å²) in [4.78, 5) is 17.0. The Bertz CT molecular complexity index is 821. The maximum atomic E-state index is 12.8. The molecule has 0 radical (unpaired) electrons. The smallest absolute Gasteiger partial charge is 0.287 e. The maximum Gasteiger partial charge on any atom is 0.287 e. The number of carbonyl (C=O) groups is 1. The molecule has 1 amide bonds. The van der Waals surface area contributed by atoms with Crippen LogP contribution in [0.4, 0.5) is 0 Å². The van der Waals surface area contributed by atoms with Crippen molar-refractivity contribution in [3.8, 4) is 0 Å². The van der Waals surface area contributed by atoms with Crippen molar-refractivity contribution in [1.29, 1.82) is 0 Å². The van der Waals surface area contributed by atoms with Gasteiger partial charge in [-0.2, -0.15) is 0 Å². The van der Waals surface area contributed by atoms with Crippen LogP contribution in [-0.4, -0.2) is 24.1 Å². The Hall–Kier alpha value is -2.66. The van der Waals surface area contributed by atoms with Gasteiger partial charge in [-0.1, -0.05) is 24.3 Å². The van der Waals surface area contributed by atoms with Gasteiger partial charge in [-0.3, -0.25) is 9.78 Å². The number of aromatic nitrogens is 1. The SMILES string of the molecule is O=C(NC(c1cccnc1)C1CCOCC1)c1cc2ccccc2o1. The van der Waals surface area contributed by atoms with Crippen molar-refractivity contribution in [3.63, 3.8) is 0 Å². The highest BCUT2D eigenvalue weighted by molar-refractivity contribution is 5.96. The fraction of sp³-hybridized carbons (Fsp3) is 0.300. The lowest BCUT2D eigenvalue weighted by molar-refractivity contribution is 0.0509. The molecule has 128 valence electrons. The average Bonchev–Trinajstić information content (AvgIpc) is 3.12. The fourth-order valence-electron chi connectivity index (χ4n) is 3.39. The molecule has 1 saturated heterocycles. The van der Waals surface area contributed by atoms with Crippen LogP contribution in [0.25, 0.3) is 11.0 Å². The van der Waals surface area contributed by atoms with E-state index in [1.165, 1.54) is 0 Å². The van der Waals surface area contributed by atoms with Crippen molar-refractivity contribution in [2.45, 2.75) is 18.9 Å². The summed E-state index contributed by atoms with van der Waals surface area (Å²) in [6.07, 6.45) is 5.39. The van der Waals surface area contributed by atoms with E-state index >= 15 is 0 Å². The third-order valence-corrected chi connectivity index (χ3v) is 4.72. The van der Waals surface area contributed by atoms with E-state index in [2.05, 4.69) is 10.3 Å². The predicted molar refractivity (Wildman–Crippen MR) is 94.2 cm³/mol. The van der Waals surface area contributed by atoms with Crippen LogP contribution in [0.5, 0.6) is 0 Å². The van der Waals surface area contributed by atoms with Crippen LogP contribution in [0.3, 0.4) is 0 Å². The molecule has 1 unspecified atom stereocenters. The number of amides is 1. The third-order valence-electron chi connectivity index (χ3n) is 4.72. The molecule has 2 aromatic heterocycles. The summed E-state index contributed by atoms with van der Waals surface area (Å²) in [5, 5.41) is 4.08. The lowest BCUT2D eigenvalue weighted by atomic mass is 9.87. The summed E-state index contributed by atoms with van der Waals surface area (Å²) < 4.78 is 11.2. The molecule has 0 spiro atoms. The first-order valence-corrected chi connectivity index (χ1v) is 8.58. The molecule has 3 heterocycles. The van der Waals surface area contributed by atoms with Crippen LogP contribution in [0.1, 0.15) is 35.0 Å². The number of fused-ring (bicyclic) bond motifs is 1. The van der Waals surface area contributed by atoms with Crippen LogP contribution in [0.15, 0.2) is 59.3 Å². The van der Waals surface area contributed by atoms with Gasteiger partial charge in [0.25, 0.3) is 5.91 Å². The molecule has 1 fully saturated rings. The number of pyridine rings is 1. The largest absolute Gasteiger partial charge is 0.451 e. The van der Waals surface area contributed by atoms with Gasteiger partial charge in [-0.15, -0.1) is 0 Å². The summed E-state index contributed by atoms with van der Waals surface area (Å²) in [6, 6.07) is 13.2. The molecule has 1 aliphatic heterocycles. The molecule has 5 heteroatoms. The number of furan rings is 1. The van der Waals surface area contributed by atoms with Gasteiger partial charge >= 0.3 is 0 Å². The second-order valence-electron chi connectivity index (χ2n) is 6.34. The Morgan fingerprint density at radius 3 is 2.76 bits per heavy atom. The van der Waals surface area contributed by atoms with Crippen LogP contribution >= 0.6 is 0 Å². The van der Waals surface area contributed by atoms with Crippen molar-refractivity contribution in [3.05, 3.63) is 66.2 Å². The number of nitrogens with zero attached hydrogens (tertiary/aromatic N) is 1. The van der Waals surface area contributed by atoms with Gasteiger partial charge in [0.2, 0.25) is 0 Å². The van der Waals surface area contributed by atoms with E-state index in [4.69, 9.17) is 9.15 Å². The number of hydrogen-bond donors (Lipinski definition) is 1. The van der Waals surface area contributed by atoms with Gasteiger partial charge < -0.3 is 14.5 Å². The topological polar surface area (TPSA) is 64.4 Å². The van der Waals surface area contributed by atoms with Gasteiger partial charge in [0.1, 0.15) is 5.58 Å². The lowest BCUT2D eigenvalue weighted by Crippen LogP contribution is -2.36. The summed E-state index contributed by atoms with van der Waals surface area (Å²) in [6.45, 7) is 1.45. The Balaban J connectivity index is 1.59. The Morgan fingerprint density at radius 1 is 1.16 bits per heavy atom. The standard InChI is InChI=1S/C20H20N2O3/c23-20(18-12-15-4-1-2-6-17(15)25-18)22-19(14-7-10-24-11-8-14)16-5-3-9-21-13-16/h1-6,9,12-14,19H,7-8,10-11H2,(H,22,23). The number of rotatable bonds is 4. The molecule has 3 aromatic rings. The molecule has 0 aliphatic carbocycles. The minimum absolute atomic E-state index is 0.0988. The van der Waals surface area contributed by atoms with Crippen LogP contribution in [0.2, 0.25) is 0 Å². The van der Waals surface area contributed by atoms with Gasteiger partial charge in [0, 0.05) is 31.0 Å². The van der Waals surface area contributed by atoms with Crippen LogP contribution in [-0.2, 0) is 4.74 Å². The normalized spacial score (nSPS) is 16.6. The highest BCUT2D eigenvalue weighted by Gasteiger charge is 2.28. The highest BCUT2D eigenvalue weighted by atomic mass is 16.5. The molecule has 1 N–H and O–H groups in total. The van der Waals surface area contributed by atoms with E-state index < -0.39 is 0 Å². The van der Waals surface area contributed by atoms with Gasteiger partial charge in [0.05, 0.1) is 6.04 Å². The molecule has 25 heavy (non-hydrogen) atoms. The fourth-order valence-corrected chi connectivity index (χ4v) is 3.39. The summed E-state index contributed by atoms with van der Waals surface area (Å²) in [7, 11) is 0. The van der Waals surface area contributed by atoms with E-state index in [1.54, 1.807) is 12.3 Å². The lowest BCUT2D eigenvalue weighted by Gasteiger charge is -2.30. The maximum absolute atomic E-state index is 12.8. The van der Waals surface area contributed by atoms with E-state index in [1.807, 2.05) is 42.6 Å². The first-order chi connectivity index (χ1) is 12.3. The summed E-state index contributed by atoms with van der Waals surface area (Å²) in [5.41, 5.74) is 1.73. The van der Waals surface area contributed by atoms with Crippen LogP contribution < -0.4 is 5.32 Å². The zero-order valence-electron chi connectivity index (χ0n) is 13.9. The van der Waals surface area contributed by atoms with E-state index in [0.717, 1.165) is 42.6 Å². The quantitative estimate of drug-likeness (QED) is 0.788. The molecule has 1 aliphatic rings. The Morgan fingerprint density at radius 2 is 2.00 bits per heavy atom. The van der Waals surface area contributed by atoms with Gasteiger partial charge in [-0.05, 0) is 42.5 Å². The molecule has 5 nitrogen and oxygen atoms in total.